The zero-order valence-electron chi connectivity index (χ0n) is 11.3. The summed E-state index contributed by atoms with van der Waals surface area (Å²) in [5.41, 5.74) is 0.940. The molecule has 0 aliphatic carbocycles. The molecular weight excluding hydrogens is 292 g/mol. The van der Waals surface area contributed by atoms with Crippen LogP contribution in [0.4, 0.5) is 4.79 Å². The number of hydrogen-bond donors (Lipinski definition) is 4. The van der Waals surface area contributed by atoms with Crippen LogP contribution in [0.1, 0.15) is 13.8 Å². The molecule has 118 valence electrons. The monoisotopic (exact) mass is 312 g/mol. The molecule has 0 saturated heterocycles. The normalized spacial score (nSPS) is 23.0. The van der Waals surface area contributed by atoms with Crippen LogP contribution < -0.4 is 4.90 Å². The second-order valence-electron chi connectivity index (χ2n) is 4.19. The molecule has 0 radical (unpaired) electrons. The van der Waals surface area contributed by atoms with Gasteiger partial charge in [-0.1, -0.05) is 0 Å². The van der Waals surface area contributed by atoms with Crippen LogP contribution in [-0.4, -0.2) is 71.0 Å². The topological polar surface area (TPSA) is 143 Å². The average Bonchev–Trinajstić information content (AvgIpc) is 2.28. The molecule has 1 heterocycles. The van der Waals surface area contributed by atoms with E-state index < -0.39 is 10.4 Å². The molecule has 0 aromatic carbocycles. The molecule has 0 aromatic rings. The summed E-state index contributed by atoms with van der Waals surface area (Å²) in [7, 11) is -4.92. The van der Waals surface area contributed by atoms with Crippen molar-refractivity contribution in [1.29, 1.82) is 0 Å². The van der Waals surface area contributed by atoms with E-state index in [-0.39, 0.29) is 25.3 Å². The Labute approximate surface area is 117 Å². The first kappa shape index (κ1) is 19.0. The number of urea groups is 1. The van der Waals surface area contributed by atoms with Gasteiger partial charge in [-0.15, -0.1) is 0 Å². The predicted molar refractivity (Wildman–Crippen MR) is 67.6 cm³/mol. The summed E-state index contributed by atoms with van der Waals surface area (Å²) in [6, 6.07) is -0.0438. The Morgan fingerprint density at radius 3 is 2.30 bits per heavy atom. The van der Waals surface area contributed by atoms with Gasteiger partial charge in [0.1, 0.15) is 12.2 Å². The minimum Gasteiger partial charge on any atom is -0.726 e. The highest BCUT2D eigenvalue weighted by atomic mass is 32.3. The summed E-state index contributed by atoms with van der Waals surface area (Å²) in [4.78, 5) is 14.2. The lowest BCUT2D eigenvalue weighted by Crippen LogP contribution is -3.15. The maximum atomic E-state index is 12.0. The number of aliphatic hydroxyl groups is 2. The van der Waals surface area contributed by atoms with Gasteiger partial charge >= 0.3 is 6.03 Å². The number of rotatable bonds is 4. The van der Waals surface area contributed by atoms with Crippen molar-refractivity contribution in [2.75, 3.05) is 26.3 Å². The zero-order chi connectivity index (χ0) is 15.9. The van der Waals surface area contributed by atoms with E-state index in [0.29, 0.717) is 18.0 Å². The van der Waals surface area contributed by atoms with Crippen LogP contribution in [0.3, 0.4) is 0 Å². The van der Waals surface area contributed by atoms with Crippen molar-refractivity contribution in [2.45, 2.75) is 19.9 Å². The number of nitrogens with one attached hydrogen (secondary N) is 1. The fourth-order valence-electron chi connectivity index (χ4n) is 1.91. The second-order valence-corrected chi connectivity index (χ2v) is 5.05. The molecule has 20 heavy (non-hydrogen) atoms. The largest absolute Gasteiger partial charge is 0.726 e. The highest BCUT2D eigenvalue weighted by molar-refractivity contribution is 7.79. The van der Waals surface area contributed by atoms with Crippen LogP contribution in [0.15, 0.2) is 11.8 Å². The van der Waals surface area contributed by atoms with Gasteiger partial charge in [0.2, 0.25) is 10.4 Å². The number of allylic oxidation sites excluding steroid dienone is 1. The van der Waals surface area contributed by atoms with Crippen molar-refractivity contribution >= 4 is 16.4 Å². The second kappa shape index (κ2) is 8.29. The van der Waals surface area contributed by atoms with Gasteiger partial charge in [-0.05, 0) is 13.0 Å². The highest BCUT2D eigenvalue weighted by Gasteiger charge is 2.34. The Balaban J connectivity index is 0.000000621. The summed E-state index contributed by atoms with van der Waals surface area (Å²) < 4.78 is 32.8. The van der Waals surface area contributed by atoms with Gasteiger partial charge in [-0.3, -0.25) is 9.45 Å². The number of aliphatic hydroxyl groups excluding tert-OH is 2. The lowest BCUT2D eigenvalue weighted by atomic mass is 10.2. The summed E-state index contributed by atoms with van der Waals surface area (Å²) in [5, 5.41) is 17.7. The van der Waals surface area contributed by atoms with E-state index in [9.17, 15) is 4.79 Å². The smallest absolute Gasteiger partial charge is 0.422 e. The number of nitrogens with zero attached hydrogens (tertiary/aromatic N) is 1. The van der Waals surface area contributed by atoms with Crippen LogP contribution in [0.25, 0.3) is 0 Å². The molecule has 0 bridgehead atoms. The Bertz CT molecular complexity index is 441. The SMILES string of the molecule is CC1=CC(C)N(CCO)C(=O)[NH+]1CCO.O=S(=O)([O-])O. The molecule has 0 aromatic heterocycles. The molecule has 10 heteroatoms. The minimum absolute atomic E-state index is 0.0202. The Morgan fingerprint density at radius 1 is 1.40 bits per heavy atom. The number of quaternary nitrogens is 1. The number of amides is 2. The molecule has 2 amide bonds. The standard InChI is InChI=1S/C10H18N2O3.H2O4S/c1-8-7-9(2)12(4-6-14)10(15)11(8)3-5-13;1-5(2,3)4/h7-8,13-14H,3-6H2,1-2H3;(H2,1,2,3,4). The molecule has 9 nitrogen and oxygen atoms in total. The highest BCUT2D eigenvalue weighted by Crippen LogP contribution is 2.06. The first-order valence-corrected chi connectivity index (χ1v) is 7.24. The summed E-state index contributed by atoms with van der Waals surface area (Å²) in [5.74, 6) is 0. The van der Waals surface area contributed by atoms with Crippen molar-refractivity contribution in [3.63, 3.8) is 0 Å². The van der Waals surface area contributed by atoms with Gasteiger partial charge in [0.25, 0.3) is 0 Å². The molecule has 1 aliphatic rings. The van der Waals surface area contributed by atoms with Crippen molar-refractivity contribution in [2.24, 2.45) is 0 Å². The third kappa shape index (κ3) is 6.93. The van der Waals surface area contributed by atoms with Crippen molar-refractivity contribution in [1.82, 2.24) is 4.90 Å². The summed E-state index contributed by atoms with van der Waals surface area (Å²) in [6.07, 6.45) is 1.99. The first-order chi connectivity index (χ1) is 9.11. The number of carbonyl (C=O) groups excluding carboxylic acids is 1. The molecule has 0 fully saturated rings. The zero-order valence-corrected chi connectivity index (χ0v) is 12.1. The number of hydrogen-bond acceptors (Lipinski definition) is 6. The van der Waals surface area contributed by atoms with E-state index in [1.807, 2.05) is 19.9 Å². The van der Waals surface area contributed by atoms with Crippen molar-refractivity contribution < 1.29 is 37.4 Å². The number of carbonyl (C=O) groups is 1. The third-order valence-corrected chi connectivity index (χ3v) is 2.68. The lowest BCUT2D eigenvalue weighted by Gasteiger charge is -2.33. The van der Waals surface area contributed by atoms with E-state index in [2.05, 4.69) is 0 Å². The minimum atomic E-state index is -4.92. The fraction of sp³-hybridized carbons (Fsp3) is 0.700. The molecule has 1 rings (SSSR count). The molecule has 0 saturated carbocycles. The van der Waals surface area contributed by atoms with Crippen LogP contribution in [0.2, 0.25) is 0 Å². The molecule has 2 unspecified atom stereocenters. The van der Waals surface area contributed by atoms with Gasteiger partial charge in [0.15, 0.2) is 0 Å². The van der Waals surface area contributed by atoms with Crippen LogP contribution in [0, 0.1) is 0 Å². The average molecular weight is 312 g/mol. The Kier molecular flexibility index (Phi) is 7.86. The van der Waals surface area contributed by atoms with E-state index in [0.717, 1.165) is 5.70 Å². The summed E-state index contributed by atoms with van der Waals surface area (Å²) >= 11 is 0. The lowest BCUT2D eigenvalue weighted by molar-refractivity contribution is -0.781. The first-order valence-electron chi connectivity index (χ1n) is 5.87. The maximum Gasteiger partial charge on any atom is 0.422 e. The van der Waals surface area contributed by atoms with Crippen molar-refractivity contribution in [3.8, 4) is 0 Å². The Hall–Kier alpha value is -1.04. The predicted octanol–water partition coefficient (Wildman–Crippen LogP) is -2.41. The molecule has 1 aliphatic heterocycles. The van der Waals surface area contributed by atoms with Crippen LogP contribution >= 0.6 is 0 Å². The number of β-amino-alcohol motifs (C(OH)–C–C–N with tert-alkyl or cyclic N) is 1. The quantitative estimate of drug-likeness (QED) is 0.334. The van der Waals surface area contributed by atoms with Gasteiger partial charge in [0, 0.05) is 13.5 Å². The fourth-order valence-corrected chi connectivity index (χ4v) is 1.91. The molecule has 2 atom stereocenters. The van der Waals surface area contributed by atoms with E-state index in [1.54, 1.807) is 4.90 Å². The Morgan fingerprint density at radius 2 is 1.90 bits per heavy atom. The maximum absolute atomic E-state index is 12.0. The van der Waals surface area contributed by atoms with Gasteiger partial charge in [-0.2, -0.15) is 0 Å². The third-order valence-electron chi connectivity index (χ3n) is 2.68. The van der Waals surface area contributed by atoms with Gasteiger partial charge < -0.3 is 14.8 Å². The van der Waals surface area contributed by atoms with E-state index >= 15 is 0 Å². The molecular formula is C10H20N2O7S. The van der Waals surface area contributed by atoms with Crippen molar-refractivity contribution in [3.05, 3.63) is 11.8 Å². The van der Waals surface area contributed by atoms with Crippen LogP contribution in [-0.2, 0) is 10.4 Å². The van der Waals surface area contributed by atoms with Gasteiger partial charge in [0.05, 0.1) is 19.3 Å². The van der Waals surface area contributed by atoms with E-state index in [4.69, 9.17) is 27.7 Å². The van der Waals surface area contributed by atoms with Crippen LogP contribution in [0.5, 0.6) is 0 Å². The van der Waals surface area contributed by atoms with E-state index in [1.165, 1.54) is 0 Å². The molecule has 0 spiro atoms. The van der Waals surface area contributed by atoms with Gasteiger partial charge in [-0.25, -0.2) is 18.1 Å². The molecule has 4 N–H and O–H groups in total. The summed E-state index contributed by atoms with van der Waals surface area (Å²) in [6.45, 7) is 4.49.